The van der Waals surface area contributed by atoms with Crippen LogP contribution in [0.5, 0.6) is 0 Å². The van der Waals surface area contributed by atoms with E-state index in [0.717, 1.165) is 43.5 Å². The van der Waals surface area contributed by atoms with Crippen molar-refractivity contribution in [1.29, 1.82) is 0 Å². The summed E-state index contributed by atoms with van der Waals surface area (Å²) in [6.45, 7) is 0.856. The number of tetrazole rings is 1. The minimum Gasteiger partial charge on any atom is -0.332 e. The van der Waals surface area contributed by atoms with E-state index in [1.54, 1.807) is 4.68 Å². The lowest BCUT2D eigenvalue weighted by Crippen LogP contribution is -2.45. The van der Waals surface area contributed by atoms with Gasteiger partial charge in [0.2, 0.25) is 0 Å². The minimum absolute atomic E-state index is 0.0333. The van der Waals surface area contributed by atoms with Gasteiger partial charge in [0.25, 0.3) is 5.91 Å². The zero-order chi connectivity index (χ0) is 15.0. The zero-order valence-corrected chi connectivity index (χ0v) is 12.2. The summed E-state index contributed by atoms with van der Waals surface area (Å²) in [5.41, 5.74) is 1.61. The van der Waals surface area contributed by atoms with E-state index in [4.69, 9.17) is 0 Å². The second kappa shape index (κ2) is 5.05. The van der Waals surface area contributed by atoms with Gasteiger partial charge in [0.15, 0.2) is 0 Å². The molecule has 6 nitrogen and oxygen atoms in total. The highest BCUT2D eigenvalue weighted by Crippen LogP contribution is 2.40. The molecule has 1 fully saturated rings. The van der Waals surface area contributed by atoms with Crippen LogP contribution in [-0.2, 0) is 0 Å². The normalized spacial score (nSPS) is 19.2. The third-order valence-corrected chi connectivity index (χ3v) is 4.73. The Kier molecular flexibility index (Phi) is 3.03. The summed E-state index contributed by atoms with van der Waals surface area (Å²) in [6.07, 6.45) is 10.1. The highest BCUT2D eigenvalue weighted by molar-refractivity contribution is 5.95. The Balaban J connectivity index is 1.58. The Morgan fingerprint density at radius 2 is 1.91 bits per heavy atom. The molecule has 0 unspecified atom stereocenters. The molecule has 112 valence electrons. The van der Waals surface area contributed by atoms with Crippen molar-refractivity contribution in [2.45, 2.75) is 31.2 Å². The van der Waals surface area contributed by atoms with Crippen molar-refractivity contribution < 1.29 is 4.79 Å². The molecule has 2 aromatic rings. The fourth-order valence-electron chi connectivity index (χ4n) is 3.56. The number of benzene rings is 1. The second-order valence-corrected chi connectivity index (χ2v) is 5.97. The standard InChI is InChI=1S/C16H17N5O/c22-15(20-11-3-10-16(20)8-1-2-9-16)13-4-6-14(7-5-13)21-12-17-18-19-21/h1-2,4-7,12H,3,8-11H2. The summed E-state index contributed by atoms with van der Waals surface area (Å²) in [4.78, 5) is 14.9. The summed E-state index contributed by atoms with van der Waals surface area (Å²) < 4.78 is 1.58. The van der Waals surface area contributed by atoms with Crippen LogP contribution in [-0.4, -0.2) is 43.1 Å². The predicted molar refractivity (Wildman–Crippen MR) is 80.5 cm³/mol. The topological polar surface area (TPSA) is 63.9 Å². The fraction of sp³-hybridized carbons (Fsp3) is 0.375. The Bertz CT molecular complexity index is 697. The van der Waals surface area contributed by atoms with Crippen LogP contribution in [0.4, 0.5) is 0 Å². The second-order valence-electron chi connectivity index (χ2n) is 5.97. The zero-order valence-electron chi connectivity index (χ0n) is 12.2. The molecule has 1 saturated heterocycles. The average Bonchev–Trinajstić information content (AvgIpc) is 3.30. The van der Waals surface area contributed by atoms with Crippen molar-refractivity contribution in [2.75, 3.05) is 6.54 Å². The number of hydrogen-bond donors (Lipinski definition) is 0. The number of carbonyl (C=O) groups is 1. The van der Waals surface area contributed by atoms with Gasteiger partial charge < -0.3 is 4.90 Å². The van der Waals surface area contributed by atoms with Crippen LogP contribution in [0.1, 0.15) is 36.0 Å². The fourth-order valence-corrected chi connectivity index (χ4v) is 3.56. The van der Waals surface area contributed by atoms with E-state index < -0.39 is 0 Å². The van der Waals surface area contributed by atoms with Gasteiger partial charge in [-0.2, -0.15) is 0 Å². The molecule has 0 saturated carbocycles. The molecule has 1 amide bonds. The van der Waals surface area contributed by atoms with Gasteiger partial charge in [-0.25, -0.2) is 4.68 Å². The van der Waals surface area contributed by atoms with Crippen LogP contribution in [0.15, 0.2) is 42.7 Å². The van der Waals surface area contributed by atoms with Crippen molar-refractivity contribution in [1.82, 2.24) is 25.1 Å². The number of rotatable bonds is 2. The maximum Gasteiger partial charge on any atom is 0.254 e. The molecule has 1 aliphatic heterocycles. The van der Waals surface area contributed by atoms with Crippen LogP contribution in [0.25, 0.3) is 5.69 Å². The third kappa shape index (κ3) is 2.03. The van der Waals surface area contributed by atoms with Gasteiger partial charge in [0.05, 0.1) is 11.2 Å². The van der Waals surface area contributed by atoms with Gasteiger partial charge >= 0.3 is 0 Å². The lowest BCUT2D eigenvalue weighted by molar-refractivity contribution is 0.0614. The lowest BCUT2D eigenvalue weighted by atomic mass is 9.93. The summed E-state index contributed by atoms with van der Waals surface area (Å²) in [5, 5.41) is 11.1. The minimum atomic E-state index is 0.0333. The van der Waals surface area contributed by atoms with Gasteiger partial charge in [-0.3, -0.25) is 4.79 Å². The van der Waals surface area contributed by atoms with E-state index in [1.807, 2.05) is 24.3 Å². The largest absolute Gasteiger partial charge is 0.332 e. The molecule has 22 heavy (non-hydrogen) atoms. The van der Waals surface area contributed by atoms with Crippen molar-refractivity contribution in [3.8, 4) is 5.69 Å². The van der Waals surface area contributed by atoms with E-state index in [1.165, 1.54) is 6.33 Å². The van der Waals surface area contributed by atoms with Gasteiger partial charge in [-0.05, 0) is 60.4 Å². The number of carbonyl (C=O) groups excluding carboxylic acids is 1. The highest BCUT2D eigenvalue weighted by Gasteiger charge is 2.43. The average molecular weight is 295 g/mol. The number of hydrogen-bond acceptors (Lipinski definition) is 4. The Hall–Kier alpha value is -2.50. The molecule has 1 spiro atoms. The quantitative estimate of drug-likeness (QED) is 0.795. The van der Waals surface area contributed by atoms with Crippen LogP contribution < -0.4 is 0 Å². The molecule has 0 bridgehead atoms. The molecule has 6 heteroatoms. The maximum absolute atomic E-state index is 12.9. The van der Waals surface area contributed by atoms with Crippen molar-refractivity contribution in [3.63, 3.8) is 0 Å². The summed E-state index contributed by atoms with van der Waals surface area (Å²) >= 11 is 0. The molecule has 1 aromatic heterocycles. The van der Waals surface area contributed by atoms with E-state index in [2.05, 4.69) is 32.6 Å². The SMILES string of the molecule is O=C(c1ccc(-n2cnnn2)cc1)N1CCCC12CC=CC2. The predicted octanol–water partition coefficient (Wildman–Crippen LogP) is 1.99. The highest BCUT2D eigenvalue weighted by atomic mass is 16.2. The number of nitrogens with zero attached hydrogens (tertiary/aromatic N) is 5. The molecule has 1 aromatic carbocycles. The van der Waals surface area contributed by atoms with E-state index >= 15 is 0 Å². The number of likely N-dealkylation sites (tertiary alicyclic amines) is 1. The maximum atomic E-state index is 12.9. The molecule has 0 N–H and O–H groups in total. The Morgan fingerprint density at radius 3 is 2.59 bits per heavy atom. The molecule has 2 aliphatic rings. The Labute approximate surface area is 128 Å². The summed E-state index contributed by atoms with van der Waals surface area (Å²) in [7, 11) is 0. The molecule has 1 aliphatic carbocycles. The van der Waals surface area contributed by atoms with Crippen molar-refractivity contribution >= 4 is 5.91 Å². The molecular weight excluding hydrogens is 278 g/mol. The van der Waals surface area contributed by atoms with Gasteiger partial charge in [0.1, 0.15) is 6.33 Å². The van der Waals surface area contributed by atoms with E-state index in [-0.39, 0.29) is 11.4 Å². The summed E-state index contributed by atoms with van der Waals surface area (Å²) in [6, 6.07) is 7.46. The molecule has 0 atom stereocenters. The first-order valence-electron chi connectivity index (χ1n) is 7.59. The van der Waals surface area contributed by atoms with E-state index in [9.17, 15) is 4.79 Å². The lowest BCUT2D eigenvalue weighted by Gasteiger charge is -2.35. The third-order valence-electron chi connectivity index (χ3n) is 4.73. The van der Waals surface area contributed by atoms with Crippen LogP contribution >= 0.6 is 0 Å². The molecular formula is C16H17N5O. The van der Waals surface area contributed by atoms with Gasteiger partial charge in [0, 0.05) is 12.1 Å². The summed E-state index contributed by atoms with van der Waals surface area (Å²) in [5.74, 6) is 0.129. The monoisotopic (exact) mass is 295 g/mol. The van der Waals surface area contributed by atoms with Gasteiger partial charge in [-0.1, -0.05) is 12.2 Å². The Morgan fingerprint density at radius 1 is 1.14 bits per heavy atom. The van der Waals surface area contributed by atoms with E-state index in [0.29, 0.717) is 0 Å². The molecule has 0 radical (unpaired) electrons. The molecule has 4 rings (SSSR count). The molecule has 2 heterocycles. The first-order chi connectivity index (χ1) is 10.8. The van der Waals surface area contributed by atoms with Crippen LogP contribution in [0, 0.1) is 0 Å². The van der Waals surface area contributed by atoms with Gasteiger partial charge in [-0.15, -0.1) is 5.10 Å². The first-order valence-corrected chi connectivity index (χ1v) is 7.59. The number of aromatic nitrogens is 4. The van der Waals surface area contributed by atoms with Crippen molar-refractivity contribution in [2.24, 2.45) is 0 Å². The van der Waals surface area contributed by atoms with Crippen molar-refractivity contribution in [3.05, 3.63) is 48.3 Å². The first kappa shape index (κ1) is 13.2. The van der Waals surface area contributed by atoms with Crippen LogP contribution in [0.2, 0.25) is 0 Å². The smallest absolute Gasteiger partial charge is 0.254 e. The number of amides is 1. The van der Waals surface area contributed by atoms with Crippen LogP contribution in [0.3, 0.4) is 0 Å².